The van der Waals surface area contributed by atoms with Crippen molar-refractivity contribution in [2.24, 2.45) is 0 Å². The molecule has 8 heteroatoms. The Morgan fingerprint density at radius 2 is 2.15 bits per heavy atom. The Labute approximate surface area is 117 Å². The Balaban J connectivity index is 2.40. The molecule has 0 aromatic carbocycles. The SMILES string of the molecule is CCCCc1cc(C(F)(F)F)sc1-n1cc(CO)nn1. The molecule has 0 aliphatic rings. The molecule has 0 atom stereocenters. The van der Waals surface area contributed by atoms with E-state index in [1.54, 1.807) is 0 Å². The van der Waals surface area contributed by atoms with E-state index in [1.807, 2.05) is 6.92 Å². The monoisotopic (exact) mass is 305 g/mol. The number of unbranched alkanes of at least 4 members (excludes halogenated alkanes) is 1. The fourth-order valence-corrected chi connectivity index (χ4v) is 2.77. The van der Waals surface area contributed by atoms with Crippen LogP contribution in [0.5, 0.6) is 0 Å². The maximum atomic E-state index is 12.8. The van der Waals surface area contributed by atoms with Crippen molar-refractivity contribution in [2.75, 3.05) is 0 Å². The lowest BCUT2D eigenvalue weighted by atomic mass is 10.1. The zero-order chi connectivity index (χ0) is 14.8. The molecule has 0 bridgehead atoms. The molecule has 0 saturated carbocycles. The van der Waals surface area contributed by atoms with Crippen LogP contribution in [0, 0.1) is 0 Å². The first-order chi connectivity index (χ1) is 9.45. The molecule has 0 aliphatic carbocycles. The summed E-state index contributed by atoms with van der Waals surface area (Å²) in [4.78, 5) is -0.639. The van der Waals surface area contributed by atoms with E-state index >= 15 is 0 Å². The summed E-state index contributed by atoms with van der Waals surface area (Å²) < 4.78 is 39.7. The van der Waals surface area contributed by atoms with Crippen LogP contribution in [-0.2, 0) is 19.2 Å². The van der Waals surface area contributed by atoms with Crippen molar-refractivity contribution < 1.29 is 18.3 Å². The van der Waals surface area contributed by atoms with Gasteiger partial charge in [0.15, 0.2) is 0 Å². The van der Waals surface area contributed by atoms with Crippen molar-refractivity contribution in [3.8, 4) is 5.00 Å². The van der Waals surface area contributed by atoms with E-state index in [1.165, 1.54) is 16.9 Å². The summed E-state index contributed by atoms with van der Waals surface area (Å²) >= 11 is 0.648. The molecular formula is C12H14F3N3OS. The van der Waals surface area contributed by atoms with Gasteiger partial charge in [0.2, 0.25) is 0 Å². The van der Waals surface area contributed by atoms with Crippen molar-refractivity contribution in [1.82, 2.24) is 15.0 Å². The standard InChI is InChI=1S/C12H14F3N3OS/c1-2-3-4-8-5-10(12(13,14)15)20-11(8)18-6-9(7-19)16-17-18/h5-6,19H,2-4,7H2,1H3. The number of halogens is 3. The van der Waals surface area contributed by atoms with Crippen molar-refractivity contribution in [3.05, 3.63) is 28.4 Å². The number of thiophene rings is 1. The molecule has 0 fully saturated rings. The fourth-order valence-electron chi connectivity index (χ4n) is 1.77. The molecule has 0 aliphatic heterocycles. The van der Waals surface area contributed by atoms with Gasteiger partial charge in [0.05, 0.1) is 12.8 Å². The normalized spacial score (nSPS) is 12.1. The van der Waals surface area contributed by atoms with Crippen LogP contribution in [0.2, 0.25) is 0 Å². The summed E-state index contributed by atoms with van der Waals surface area (Å²) in [6, 6.07) is 1.18. The first kappa shape index (κ1) is 15.0. The van der Waals surface area contributed by atoms with Crippen LogP contribution in [0.1, 0.15) is 35.9 Å². The third-order valence-corrected chi connectivity index (χ3v) is 3.99. The maximum Gasteiger partial charge on any atom is 0.425 e. The lowest BCUT2D eigenvalue weighted by Gasteiger charge is -2.01. The average Bonchev–Trinajstić information content (AvgIpc) is 3.01. The van der Waals surface area contributed by atoms with Crippen LogP contribution in [0.4, 0.5) is 13.2 Å². The van der Waals surface area contributed by atoms with Gasteiger partial charge in [-0.15, -0.1) is 16.4 Å². The number of alkyl halides is 3. The molecule has 2 aromatic heterocycles. The molecule has 0 unspecified atom stereocenters. The molecule has 110 valence electrons. The van der Waals surface area contributed by atoms with Gasteiger partial charge in [0.1, 0.15) is 15.6 Å². The Morgan fingerprint density at radius 3 is 2.70 bits per heavy atom. The predicted molar refractivity (Wildman–Crippen MR) is 68.8 cm³/mol. The summed E-state index contributed by atoms with van der Waals surface area (Å²) in [5, 5.41) is 16.8. The molecule has 20 heavy (non-hydrogen) atoms. The van der Waals surface area contributed by atoms with Crippen LogP contribution in [0.15, 0.2) is 12.3 Å². The number of aryl methyl sites for hydroxylation is 1. The number of rotatable bonds is 5. The second-order valence-corrected chi connectivity index (χ2v) is 5.39. The van der Waals surface area contributed by atoms with E-state index in [9.17, 15) is 13.2 Å². The molecule has 0 spiro atoms. The highest BCUT2D eigenvalue weighted by Crippen LogP contribution is 2.38. The third-order valence-electron chi connectivity index (χ3n) is 2.78. The Bertz CT molecular complexity index is 577. The Morgan fingerprint density at radius 1 is 1.40 bits per heavy atom. The number of nitrogens with zero attached hydrogens (tertiary/aromatic N) is 3. The summed E-state index contributed by atoms with van der Waals surface area (Å²) in [7, 11) is 0. The van der Waals surface area contributed by atoms with Crippen molar-refractivity contribution in [1.29, 1.82) is 0 Å². The molecule has 0 radical (unpaired) electrons. The minimum absolute atomic E-state index is 0.290. The molecule has 4 nitrogen and oxygen atoms in total. The van der Waals surface area contributed by atoms with Crippen LogP contribution in [-0.4, -0.2) is 20.1 Å². The largest absolute Gasteiger partial charge is 0.425 e. The van der Waals surface area contributed by atoms with Crippen molar-refractivity contribution >= 4 is 11.3 Å². The molecule has 2 rings (SSSR count). The van der Waals surface area contributed by atoms with E-state index in [-0.39, 0.29) is 6.61 Å². The lowest BCUT2D eigenvalue weighted by Crippen LogP contribution is -2.00. The zero-order valence-electron chi connectivity index (χ0n) is 10.8. The van der Waals surface area contributed by atoms with Crippen molar-refractivity contribution in [2.45, 2.75) is 39.0 Å². The molecule has 2 heterocycles. The second-order valence-electron chi connectivity index (χ2n) is 4.35. The average molecular weight is 305 g/mol. The van der Waals surface area contributed by atoms with Crippen LogP contribution in [0.25, 0.3) is 5.00 Å². The van der Waals surface area contributed by atoms with Gasteiger partial charge in [0.25, 0.3) is 0 Å². The predicted octanol–water partition coefficient (Wildman–Crippen LogP) is 3.18. The summed E-state index contributed by atoms with van der Waals surface area (Å²) in [5.41, 5.74) is 0.937. The van der Waals surface area contributed by atoms with E-state index < -0.39 is 11.1 Å². The van der Waals surface area contributed by atoms with Gasteiger partial charge in [-0.05, 0) is 24.5 Å². The molecular weight excluding hydrogens is 291 g/mol. The van der Waals surface area contributed by atoms with Gasteiger partial charge in [-0.2, -0.15) is 13.2 Å². The molecule has 0 amide bonds. The zero-order valence-corrected chi connectivity index (χ0v) is 11.6. The quantitative estimate of drug-likeness (QED) is 0.923. The van der Waals surface area contributed by atoms with Gasteiger partial charge < -0.3 is 5.11 Å². The topological polar surface area (TPSA) is 50.9 Å². The number of aromatic nitrogens is 3. The van der Waals surface area contributed by atoms with E-state index in [4.69, 9.17) is 5.11 Å². The number of aliphatic hydroxyl groups is 1. The number of hydrogen-bond donors (Lipinski definition) is 1. The van der Waals surface area contributed by atoms with Crippen LogP contribution in [0.3, 0.4) is 0 Å². The number of aliphatic hydroxyl groups excluding tert-OH is 1. The van der Waals surface area contributed by atoms with Gasteiger partial charge in [-0.25, -0.2) is 4.68 Å². The Kier molecular flexibility index (Phi) is 4.44. The van der Waals surface area contributed by atoms with Gasteiger partial charge in [0, 0.05) is 0 Å². The third kappa shape index (κ3) is 3.18. The number of hydrogen-bond acceptors (Lipinski definition) is 4. The van der Waals surface area contributed by atoms with Gasteiger partial charge >= 0.3 is 6.18 Å². The van der Waals surface area contributed by atoms with E-state index in [2.05, 4.69) is 10.3 Å². The summed E-state index contributed by atoms with van der Waals surface area (Å²) in [6.45, 7) is 1.69. The fraction of sp³-hybridized carbons (Fsp3) is 0.500. The van der Waals surface area contributed by atoms with Crippen LogP contribution < -0.4 is 0 Å². The van der Waals surface area contributed by atoms with E-state index in [0.717, 1.165) is 12.8 Å². The van der Waals surface area contributed by atoms with Crippen LogP contribution >= 0.6 is 11.3 Å². The highest BCUT2D eigenvalue weighted by molar-refractivity contribution is 7.14. The highest BCUT2D eigenvalue weighted by atomic mass is 32.1. The first-order valence-corrected chi connectivity index (χ1v) is 6.99. The summed E-state index contributed by atoms with van der Waals surface area (Å²) in [6.07, 6.45) is -0.642. The molecule has 0 saturated heterocycles. The minimum Gasteiger partial charge on any atom is -0.390 e. The lowest BCUT2D eigenvalue weighted by molar-refractivity contribution is -0.134. The first-order valence-electron chi connectivity index (χ1n) is 6.18. The second kappa shape index (κ2) is 5.92. The maximum absolute atomic E-state index is 12.8. The van der Waals surface area contributed by atoms with Gasteiger partial charge in [-0.1, -0.05) is 18.6 Å². The smallest absolute Gasteiger partial charge is 0.390 e. The van der Waals surface area contributed by atoms with Gasteiger partial charge in [-0.3, -0.25) is 0 Å². The highest BCUT2D eigenvalue weighted by Gasteiger charge is 2.34. The van der Waals surface area contributed by atoms with E-state index in [0.29, 0.717) is 34.0 Å². The summed E-state index contributed by atoms with van der Waals surface area (Å²) in [5.74, 6) is 0. The molecule has 2 aromatic rings. The Hall–Kier alpha value is -1.41. The molecule has 1 N–H and O–H groups in total. The van der Waals surface area contributed by atoms with Crippen molar-refractivity contribution in [3.63, 3.8) is 0 Å². The minimum atomic E-state index is -4.36.